The van der Waals surface area contributed by atoms with Crippen LogP contribution in [0.25, 0.3) is 0 Å². The van der Waals surface area contributed by atoms with E-state index in [1.807, 2.05) is 4.68 Å². The number of nitrogens with zero attached hydrogens (tertiary/aromatic N) is 3. The van der Waals surface area contributed by atoms with Gasteiger partial charge in [-0.1, -0.05) is 0 Å². The Hall–Kier alpha value is -1.36. The van der Waals surface area contributed by atoms with Gasteiger partial charge in [0, 0.05) is 12.6 Å². The molecule has 1 N–H and O–H groups in total. The van der Waals surface area contributed by atoms with Crippen molar-refractivity contribution in [1.82, 2.24) is 14.7 Å². The number of carboxylic acids is 1. The number of carbonyl (C=O) groups is 1. The summed E-state index contributed by atoms with van der Waals surface area (Å²) >= 11 is 0. The second-order valence-corrected chi connectivity index (χ2v) is 5.39. The molecule has 1 aromatic rings. The molecule has 5 heteroatoms. The largest absolute Gasteiger partial charge is 0.476 e. The summed E-state index contributed by atoms with van der Waals surface area (Å²) in [5.74, 6) is -0.927. The molecule has 1 aliphatic heterocycles. The third-order valence-electron chi connectivity index (χ3n) is 4.08. The minimum Gasteiger partial charge on any atom is -0.476 e. The van der Waals surface area contributed by atoms with Crippen LogP contribution in [0, 0.1) is 0 Å². The number of fused-ring (bicyclic) bond motifs is 1. The lowest BCUT2D eigenvalue weighted by molar-refractivity contribution is 0.0689. The highest BCUT2D eigenvalue weighted by Crippen LogP contribution is 2.37. The molecular weight excluding hydrogens is 230 g/mol. The van der Waals surface area contributed by atoms with Gasteiger partial charge >= 0.3 is 5.97 Å². The minimum atomic E-state index is -0.927. The van der Waals surface area contributed by atoms with Gasteiger partial charge in [0.15, 0.2) is 5.69 Å². The number of aromatic carboxylic acids is 1. The van der Waals surface area contributed by atoms with E-state index in [2.05, 4.69) is 17.0 Å². The highest BCUT2D eigenvalue weighted by Gasteiger charge is 2.34. The molecule has 0 saturated heterocycles. The molecule has 1 aliphatic carbocycles. The Morgan fingerprint density at radius 3 is 2.89 bits per heavy atom. The zero-order valence-electron chi connectivity index (χ0n) is 10.7. The first-order valence-electron chi connectivity index (χ1n) is 6.70. The van der Waals surface area contributed by atoms with Gasteiger partial charge in [0.2, 0.25) is 0 Å². The maximum Gasteiger partial charge on any atom is 0.356 e. The third kappa shape index (κ3) is 2.03. The molecule has 2 aliphatic rings. The Kier molecular flexibility index (Phi) is 2.86. The fourth-order valence-corrected chi connectivity index (χ4v) is 2.88. The van der Waals surface area contributed by atoms with E-state index < -0.39 is 5.97 Å². The molecule has 0 radical (unpaired) electrons. The monoisotopic (exact) mass is 249 g/mol. The molecule has 0 aromatic carbocycles. The van der Waals surface area contributed by atoms with Crippen LogP contribution in [0.1, 0.15) is 54.3 Å². The Balaban J connectivity index is 1.94. The minimum absolute atomic E-state index is 0.182. The van der Waals surface area contributed by atoms with Crippen molar-refractivity contribution in [3.8, 4) is 0 Å². The molecule has 1 unspecified atom stereocenters. The zero-order valence-corrected chi connectivity index (χ0v) is 10.7. The molecule has 0 spiro atoms. The molecular formula is C13H19N3O2. The van der Waals surface area contributed by atoms with Crippen molar-refractivity contribution in [3.05, 3.63) is 17.5 Å². The number of carboxylic acid groups (broad SMARTS) is 1. The normalized spacial score (nSPS) is 23.8. The Bertz CT molecular complexity index is 465. The van der Waals surface area contributed by atoms with E-state index in [4.69, 9.17) is 5.11 Å². The summed E-state index contributed by atoms with van der Waals surface area (Å²) < 4.78 is 1.90. The number of rotatable bonds is 3. The van der Waals surface area contributed by atoms with Crippen molar-refractivity contribution in [2.75, 3.05) is 7.05 Å². The van der Waals surface area contributed by atoms with Crippen molar-refractivity contribution < 1.29 is 9.90 Å². The zero-order chi connectivity index (χ0) is 12.7. The van der Waals surface area contributed by atoms with Crippen LogP contribution in [0.4, 0.5) is 0 Å². The average Bonchev–Trinajstić information content (AvgIpc) is 3.13. The molecule has 1 saturated carbocycles. The van der Waals surface area contributed by atoms with Crippen LogP contribution in [0.2, 0.25) is 0 Å². The summed E-state index contributed by atoms with van der Waals surface area (Å²) in [5.41, 5.74) is 1.26. The van der Waals surface area contributed by atoms with Crippen molar-refractivity contribution in [2.45, 2.75) is 50.7 Å². The molecule has 1 aromatic heterocycles. The van der Waals surface area contributed by atoms with Crippen LogP contribution in [0.5, 0.6) is 0 Å². The van der Waals surface area contributed by atoms with Crippen molar-refractivity contribution >= 4 is 5.97 Å². The Morgan fingerprint density at radius 2 is 2.22 bits per heavy atom. The summed E-state index contributed by atoms with van der Waals surface area (Å²) in [6.07, 6.45) is 5.92. The van der Waals surface area contributed by atoms with Crippen LogP contribution in [-0.4, -0.2) is 38.8 Å². The van der Waals surface area contributed by atoms with Gasteiger partial charge in [-0.3, -0.25) is 9.58 Å². The molecule has 2 heterocycles. The molecule has 0 bridgehead atoms. The maximum absolute atomic E-state index is 11.0. The van der Waals surface area contributed by atoms with Crippen LogP contribution in [0.15, 0.2) is 6.07 Å². The second-order valence-electron chi connectivity index (χ2n) is 5.39. The van der Waals surface area contributed by atoms with E-state index in [-0.39, 0.29) is 5.69 Å². The van der Waals surface area contributed by atoms with E-state index >= 15 is 0 Å². The lowest BCUT2D eigenvalue weighted by atomic mass is 10.1. The van der Waals surface area contributed by atoms with Gasteiger partial charge < -0.3 is 5.11 Å². The average molecular weight is 249 g/mol. The summed E-state index contributed by atoms with van der Waals surface area (Å²) in [5, 5.41) is 13.3. The standard InChI is InChI=1S/C13H19N3O2/c1-15(9-5-6-9)11-4-2-3-7-16-12(11)8-10(14-16)13(17)18/h8-9,11H,2-7H2,1H3,(H,17,18). The molecule has 18 heavy (non-hydrogen) atoms. The van der Waals surface area contributed by atoms with Gasteiger partial charge in [0.05, 0.1) is 11.7 Å². The highest BCUT2D eigenvalue weighted by molar-refractivity contribution is 5.85. The van der Waals surface area contributed by atoms with Crippen LogP contribution in [-0.2, 0) is 6.54 Å². The lowest BCUT2D eigenvalue weighted by Gasteiger charge is -2.27. The van der Waals surface area contributed by atoms with Gasteiger partial charge in [-0.2, -0.15) is 5.10 Å². The van der Waals surface area contributed by atoms with Crippen LogP contribution in [0.3, 0.4) is 0 Å². The smallest absolute Gasteiger partial charge is 0.356 e. The molecule has 0 amide bonds. The summed E-state index contributed by atoms with van der Waals surface area (Å²) in [7, 11) is 2.16. The predicted molar refractivity (Wildman–Crippen MR) is 66.6 cm³/mol. The maximum atomic E-state index is 11.0. The lowest BCUT2D eigenvalue weighted by Crippen LogP contribution is -2.27. The topological polar surface area (TPSA) is 58.4 Å². The molecule has 1 fully saturated rings. The summed E-state index contributed by atoms with van der Waals surface area (Å²) in [6.45, 7) is 0.845. The van der Waals surface area contributed by atoms with Crippen LogP contribution >= 0.6 is 0 Å². The Morgan fingerprint density at radius 1 is 1.44 bits per heavy atom. The van der Waals surface area contributed by atoms with E-state index in [0.717, 1.165) is 25.1 Å². The first kappa shape index (κ1) is 11.7. The number of aryl methyl sites for hydroxylation is 1. The van der Waals surface area contributed by atoms with Gasteiger partial charge in [0.1, 0.15) is 0 Å². The third-order valence-corrected chi connectivity index (χ3v) is 4.08. The number of hydrogen-bond acceptors (Lipinski definition) is 3. The highest BCUT2D eigenvalue weighted by atomic mass is 16.4. The molecule has 98 valence electrons. The predicted octanol–water partition coefficient (Wildman–Crippen LogP) is 1.90. The fourth-order valence-electron chi connectivity index (χ4n) is 2.88. The quantitative estimate of drug-likeness (QED) is 0.889. The van der Waals surface area contributed by atoms with Gasteiger partial charge in [-0.25, -0.2) is 4.79 Å². The summed E-state index contributed by atoms with van der Waals surface area (Å²) in [6, 6.07) is 2.78. The Labute approximate surface area is 106 Å². The second kappa shape index (κ2) is 4.39. The molecule has 3 rings (SSSR count). The molecule has 1 atom stereocenters. The van der Waals surface area contributed by atoms with Crippen molar-refractivity contribution in [1.29, 1.82) is 0 Å². The van der Waals surface area contributed by atoms with Crippen LogP contribution < -0.4 is 0 Å². The van der Waals surface area contributed by atoms with E-state index in [0.29, 0.717) is 12.1 Å². The first-order chi connectivity index (χ1) is 8.66. The number of aromatic nitrogens is 2. The van der Waals surface area contributed by atoms with Gasteiger partial charge in [-0.05, 0) is 45.2 Å². The van der Waals surface area contributed by atoms with Gasteiger partial charge in [0.25, 0.3) is 0 Å². The molecule has 5 nitrogen and oxygen atoms in total. The number of hydrogen-bond donors (Lipinski definition) is 1. The van der Waals surface area contributed by atoms with Crippen molar-refractivity contribution in [3.63, 3.8) is 0 Å². The SMILES string of the molecule is CN(C1CC1)C1CCCCn2nc(C(=O)O)cc21. The van der Waals surface area contributed by atoms with E-state index in [9.17, 15) is 4.79 Å². The summed E-state index contributed by atoms with van der Waals surface area (Å²) in [4.78, 5) is 13.4. The van der Waals surface area contributed by atoms with E-state index in [1.165, 1.54) is 19.3 Å². The van der Waals surface area contributed by atoms with E-state index in [1.54, 1.807) is 6.07 Å². The van der Waals surface area contributed by atoms with Crippen molar-refractivity contribution in [2.24, 2.45) is 0 Å². The fraction of sp³-hybridized carbons (Fsp3) is 0.692. The van der Waals surface area contributed by atoms with Gasteiger partial charge in [-0.15, -0.1) is 0 Å². The first-order valence-corrected chi connectivity index (χ1v) is 6.70.